The lowest BCUT2D eigenvalue weighted by Gasteiger charge is -1.98. The van der Waals surface area contributed by atoms with Crippen molar-refractivity contribution in [3.8, 4) is 11.3 Å². The second-order valence-corrected chi connectivity index (χ2v) is 3.12. The van der Waals surface area contributed by atoms with Crippen LogP contribution in [0.2, 0.25) is 0 Å². The Kier molecular flexibility index (Phi) is 2.80. The standard InChI is InChI=1S/C11H11NO3/c13-6-9-10(7-14)15-12-11(9)8-4-2-1-3-5-8/h1-5,13-14H,6-7H2. The number of hydrogen-bond acceptors (Lipinski definition) is 4. The molecule has 4 heteroatoms. The Labute approximate surface area is 86.8 Å². The van der Waals surface area contributed by atoms with Crippen LogP contribution in [0.1, 0.15) is 11.3 Å². The maximum absolute atomic E-state index is 9.17. The Bertz CT molecular complexity index is 436. The molecule has 0 aliphatic carbocycles. The van der Waals surface area contributed by atoms with E-state index in [0.29, 0.717) is 17.0 Å². The average Bonchev–Trinajstić information content (AvgIpc) is 2.72. The van der Waals surface area contributed by atoms with Gasteiger partial charge in [-0.2, -0.15) is 0 Å². The van der Waals surface area contributed by atoms with Crippen molar-refractivity contribution in [3.05, 3.63) is 41.7 Å². The molecule has 2 N–H and O–H groups in total. The van der Waals surface area contributed by atoms with Gasteiger partial charge in [0.15, 0.2) is 5.76 Å². The lowest BCUT2D eigenvalue weighted by atomic mass is 10.1. The fraction of sp³-hybridized carbons (Fsp3) is 0.182. The maximum Gasteiger partial charge on any atom is 0.168 e. The minimum Gasteiger partial charge on any atom is -0.391 e. The largest absolute Gasteiger partial charge is 0.391 e. The number of aliphatic hydroxyl groups excluding tert-OH is 2. The monoisotopic (exact) mass is 205 g/mol. The first-order valence-electron chi connectivity index (χ1n) is 4.61. The van der Waals surface area contributed by atoms with Crippen LogP contribution >= 0.6 is 0 Å². The van der Waals surface area contributed by atoms with Crippen molar-refractivity contribution >= 4 is 0 Å². The summed E-state index contributed by atoms with van der Waals surface area (Å²) in [5.74, 6) is 0.316. The topological polar surface area (TPSA) is 66.5 Å². The molecule has 0 atom stereocenters. The van der Waals surface area contributed by atoms with Crippen molar-refractivity contribution in [2.45, 2.75) is 13.2 Å². The van der Waals surface area contributed by atoms with E-state index in [0.717, 1.165) is 5.56 Å². The third-order valence-electron chi connectivity index (χ3n) is 2.22. The molecule has 0 bridgehead atoms. The SMILES string of the molecule is OCc1onc(-c2ccccc2)c1CO. The Morgan fingerprint density at radius 1 is 1.07 bits per heavy atom. The highest BCUT2D eigenvalue weighted by Crippen LogP contribution is 2.25. The molecule has 0 aliphatic heterocycles. The predicted octanol–water partition coefficient (Wildman–Crippen LogP) is 1.33. The van der Waals surface area contributed by atoms with Crippen LogP contribution in [0, 0.1) is 0 Å². The van der Waals surface area contributed by atoms with E-state index < -0.39 is 0 Å². The molecule has 0 amide bonds. The molecule has 0 saturated heterocycles. The van der Waals surface area contributed by atoms with E-state index in [1.807, 2.05) is 30.3 Å². The van der Waals surface area contributed by atoms with E-state index in [-0.39, 0.29) is 13.2 Å². The van der Waals surface area contributed by atoms with Crippen LogP contribution in [0.3, 0.4) is 0 Å². The lowest BCUT2D eigenvalue weighted by molar-refractivity contribution is 0.219. The molecule has 2 rings (SSSR count). The van der Waals surface area contributed by atoms with Crippen LogP contribution in [-0.4, -0.2) is 15.4 Å². The lowest BCUT2D eigenvalue weighted by Crippen LogP contribution is -1.91. The molecule has 15 heavy (non-hydrogen) atoms. The summed E-state index contributed by atoms with van der Waals surface area (Å²) < 4.78 is 4.93. The van der Waals surface area contributed by atoms with Gasteiger partial charge in [-0.25, -0.2) is 0 Å². The van der Waals surface area contributed by atoms with Crippen LogP contribution in [0.4, 0.5) is 0 Å². The van der Waals surface area contributed by atoms with E-state index >= 15 is 0 Å². The Morgan fingerprint density at radius 2 is 1.80 bits per heavy atom. The van der Waals surface area contributed by atoms with Crippen molar-refractivity contribution in [3.63, 3.8) is 0 Å². The maximum atomic E-state index is 9.17. The smallest absolute Gasteiger partial charge is 0.168 e. The molecule has 0 aliphatic rings. The van der Waals surface area contributed by atoms with E-state index in [2.05, 4.69) is 5.16 Å². The zero-order valence-corrected chi connectivity index (χ0v) is 8.05. The van der Waals surface area contributed by atoms with Gasteiger partial charge in [0.2, 0.25) is 0 Å². The summed E-state index contributed by atoms with van der Waals surface area (Å²) in [5.41, 5.74) is 2.00. The Morgan fingerprint density at radius 3 is 2.40 bits per heavy atom. The Balaban J connectivity index is 2.49. The third-order valence-corrected chi connectivity index (χ3v) is 2.22. The first-order valence-corrected chi connectivity index (χ1v) is 4.61. The summed E-state index contributed by atoms with van der Waals surface area (Å²) in [7, 11) is 0. The second kappa shape index (κ2) is 4.25. The van der Waals surface area contributed by atoms with Crippen molar-refractivity contribution < 1.29 is 14.7 Å². The first kappa shape index (κ1) is 9.89. The normalized spacial score (nSPS) is 10.5. The molecular formula is C11H11NO3. The molecule has 2 aromatic rings. The number of nitrogens with zero attached hydrogens (tertiary/aromatic N) is 1. The van der Waals surface area contributed by atoms with Gasteiger partial charge in [0.25, 0.3) is 0 Å². The van der Waals surface area contributed by atoms with E-state index in [1.54, 1.807) is 0 Å². The van der Waals surface area contributed by atoms with Gasteiger partial charge >= 0.3 is 0 Å². The van der Waals surface area contributed by atoms with Gasteiger partial charge in [-0.05, 0) is 0 Å². The molecule has 1 heterocycles. The zero-order chi connectivity index (χ0) is 10.7. The van der Waals surface area contributed by atoms with Crippen molar-refractivity contribution in [2.75, 3.05) is 0 Å². The van der Waals surface area contributed by atoms with Gasteiger partial charge in [0.05, 0.1) is 12.2 Å². The molecule has 4 nitrogen and oxygen atoms in total. The molecular weight excluding hydrogens is 194 g/mol. The summed E-state index contributed by atoms with van der Waals surface area (Å²) in [6.07, 6.45) is 0. The highest BCUT2D eigenvalue weighted by atomic mass is 16.5. The molecule has 0 saturated carbocycles. The minimum atomic E-state index is -0.254. The summed E-state index contributed by atoms with van der Waals surface area (Å²) >= 11 is 0. The molecule has 78 valence electrons. The number of benzene rings is 1. The van der Waals surface area contributed by atoms with Crippen LogP contribution in [0.25, 0.3) is 11.3 Å². The van der Waals surface area contributed by atoms with Crippen LogP contribution in [0.15, 0.2) is 34.9 Å². The summed E-state index contributed by atoms with van der Waals surface area (Å²) in [4.78, 5) is 0. The molecule has 0 unspecified atom stereocenters. The quantitative estimate of drug-likeness (QED) is 0.793. The van der Waals surface area contributed by atoms with Gasteiger partial charge in [-0.3, -0.25) is 0 Å². The third kappa shape index (κ3) is 1.77. The predicted molar refractivity (Wildman–Crippen MR) is 53.8 cm³/mol. The van der Waals surface area contributed by atoms with Crippen LogP contribution in [-0.2, 0) is 13.2 Å². The van der Waals surface area contributed by atoms with E-state index in [1.165, 1.54) is 0 Å². The fourth-order valence-corrected chi connectivity index (χ4v) is 1.45. The second-order valence-electron chi connectivity index (χ2n) is 3.12. The highest BCUT2D eigenvalue weighted by molar-refractivity contribution is 5.62. The number of hydrogen-bond donors (Lipinski definition) is 2. The van der Waals surface area contributed by atoms with Crippen molar-refractivity contribution in [2.24, 2.45) is 0 Å². The minimum absolute atomic E-state index is 0.191. The summed E-state index contributed by atoms with van der Waals surface area (Å²) in [6, 6.07) is 9.40. The number of rotatable bonds is 3. The molecule has 1 aromatic heterocycles. The van der Waals surface area contributed by atoms with E-state index in [4.69, 9.17) is 14.7 Å². The Hall–Kier alpha value is -1.65. The van der Waals surface area contributed by atoms with Crippen molar-refractivity contribution in [1.29, 1.82) is 0 Å². The molecule has 0 fully saturated rings. The van der Waals surface area contributed by atoms with Gasteiger partial charge < -0.3 is 14.7 Å². The molecule has 0 radical (unpaired) electrons. The fourth-order valence-electron chi connectivity index (χ4n) is 1.45. The van der Waals surface area contributed by atoms with Gasteiger partial charge in [0, 0.05) is 5.56 Å². The van der Waals surface area contributed by atoms with E-state index in [9.17, 15) is 0 Å². The average molecular weight is 205 g/mol. The molecule has 1 aromatic carbocycles. The van der Waals surface area contributed by atoms with Crippen LogP contribution < -0.4 is 0 Å². The number of aromatic nitrogens is 1. The van der Waals surface area contributed by atoms with Gasteiger partial charge in [-0.1, -0.05) is 35.5 Å². The van der Waals surface area contributed by atoms with Crippen LogP contribution in [0.5, 0.6) is 0 Å². The zero-order valence-electron chi connectivity index (χ0n) is 8.05. The highest BCUT2D eigenvalue weighted by Gasteiger charge is 2.15. The summed E-state index contributed by atoms with van der Waals surface area (Å²) in [6.45, 7) is -0.445. The van der Waals surface area contributed by atoms with Gasteiger partial charge in [-0.15, -0.1) is 0 Å². The van der Waals surface area contributed by atoms with Crippen molar-refractivity contribution in [1.82, 2.24) is 5.16 Å². The first-order chi connectivity index (χ1) is 7.36. The summed E-state index contributed by atoms with van der Waals surface area (Å²) in [5, 5.41) is 22.0. The molecule has 0 spiro atoms. The number of aliphatic hydroxyl groups is 2. The van der Waals surface area contributed by atoms with Gasteiger partial charge in [0.1, 0.15) is 12.3 Å².